The fourth-order valence-corrected chi connectivity index (χ4v) is 2.69. The standard InChI is InChI=1S/C14H16ClN3OS/c1-9(16)10-2-4-11(5-3-10)18-14(19)17-8-12-6-7-13(15)20-12/h2-7,9H,8,16H2,1H3,(H2,17,18,19). The van der Waals surface area contributed by atoms with Crippen LogP contribution in [0.1, 0.15) is 23.4 Å². The van der Waals surface area contributed by atoms with Crippen LogP contribution >= 0.6 is 22.9 Å². The highest BCUT2D eigenvalue weighted by Gasteiger charge is 2.04. The van der Waals surface area contributed by atoms with Crippen LogP contribution in [-0.4, -0.2) is 6.03 Å². The molecule has 0 radical (unpaired) electrons. The molecule has 6 heteroatoms. The third-order valence-electron chi connectivity index (χ3n) is 2.75. The molecule has 1 heterocycles. The van der Waals surface area contributed by atoms with Gasteiger partial charge >= 0.3 is 6.03 Å². The molecule has 2 amide bonds. The molecule has 1 aromatic carbocycles. The number of thiophene rings is 1. The van der Waals surface area contributed by atoms with Crippen LogP contribution in [0.5, 0.6) is 0 Å². The molecule has 0 fully saturated rings. The molecule has 0 aliphatic heterocycles. The quantitative estimate of drug-likeness (QED) is 0.805. The molecule has 1 unspecified atom stereocenters. The van der Waals surface area contributed by atoms with Crippen molar-refractivity contribution in [2.75, 3.05) is 5.32 Å². The molecule has 20 heavy (non-hydrogen) atoms. The number of benzene rings is 1. The van der Waals surface area contributed by atoms with Gasteiger partial charge in [-0.15, -0.1) is 11.3 Å². The second-order valence-corrected chi connectivity index (χ2v) is 6.22. The predicted octanol–water partition coefficient (Wildman–Crippen LogP) is 3.74. The van der Waals surface area contributed by atoms with Crippen molar-refractivity contribution in [2.45, 2.75) is 19.5 Å². The molecule has 4 nitrogen and oxygen atoms in total. The summed E-state index contributed by atoms with van der Waals surface area (Å²) in [7, 11) is 0. The molecular weight excluding hydrogens is 294 g/mol. The zero-order valence-electron chi connectivity index (χ0n) is 11.0. The Hall–Kier alpha value is -1.56. The van der Waals surface area contributed by atoms with Gasteiger partial charge < -0.3 is 16.4 Å². The number of hydrogen-bond donors (Lipinski definition) is 3. The molecule has 0 saturated heterocycles. The number of amides is 2. The molecule has 0 bridgehead atoms. The van der Waals surface area contributed by atoms with Gasteiger partial charge in [-0.05, 0) is 36.8 Å². The van der Waals surface area contributed by atoms with Crippen molar-refractivity contribution in [2.24, 2.45) is 5.73 Å². The van der Waals surface area contributed by atoms with Gasteiger partial charge in [-0.25, -0.2) is 4.79 Å². The molecule has 0 saturated carbocycles. The highest BCUT2D eigenvalue weighted by molar-refractivity contribution is 7.16. The molecule has 1 aromatic heterocycles. The largest absolute Gasteiger partial charge is 0.333 e. The van der Waals surface area contributed by atoms with E-state index in [1.54, 1.807) is 0 Å². The van der Waals surface area contributed by atoms with E-state index < -0.39 is 0 Å². The fraction of sp³-hybridized carbons (Fsp3) is 0.214. The molecule has 0 spiro atoms. The molecule has 2 aromatic rings. The Morgan fingerprint density at radius 3 is 2.55 bits per heavy atom. The van der Waals surface area contributed by atoms with Gasteiger partial charge in [-0.2, -0.15) is 0 Å². The Labute approximate surface area is 126 Å². The first-order chi connectivity index (χ1) is 9.54. The van der Waals surface area contributed by atoms with E-state index in [2.05, 4.69) is 10.6 Å². The van der Waals surface area contributed by atoms with Crippen LogP contribution in [0.4, 0.5) is 10.5 Å². The molecule has 4 N–H and O–H groups in total. The number of nitrogens with one attached hydrogen (secondary N) is 2. The van der Waals surface area contributed by atoms with Gasteiger partial charge in [-0.3, -0.25) is 0 Å². The molecule has 0 aliphatic rings. The van der Waals surface area contributed by atoms with Crippen LogP contribution in [0.25, 0.3) is 0 Å². The lowest BCUT2D eigenvalue weighted by Crippen LogP contribution is -2.27. The van der Waals surface area contributed by atoms with Crippen LogP contribution in [0.15, 0.2) is 36.4 Å². The van der Waals surface area contributed by atoms with Crippen molar-refractivity contribution in [3.63, 3.8) is 0 Å². The SMILES string of the molecule is CC(N)c1ccc(NC(=O)NCc2ccc(Cl)s2)cc1. The van der Waals surface area contributed by atoms with Gasteiger partial charge in [-0.1, -0.05) is 23.7 Å². The number of anilines is 1. The number of carbonyl (C=O) groups excluding carboxylic acids is 1. The average molecular weight is 310 g/mol. The molecule has 106 valence electrons. The van der Waals surface area contributed by atoms with E-state index in [1.165, 1.54) is 11.3 Å². The Morgan fingerprint density at radius 2 is 2.00 bits per heavy atom. The summed E-state index contributed by atoms with van der Waals surface area (Å²) in [5.74, 6) is 0. The van der Waals surface area contributed by atoms with Gasteiger partial charge in [0.2, 0.25) is 0 Å². The van der Waals surface area contributed by atoms with Crippen molar-refractivity contribution >= 4 is 34.7 Å². The van der Waals surface area contributed by atoms with Crippen LogP contribution in [-0.2, 0) is 6.54 Å². The van der Waals surface area contributed by atoms with Crippen LogP contribution < -0.4 is 16.4 Å². The zero-order valence-corrected chi connectivity index (χ0v) is 12.6. The second-order valence-electron chi connectivity index (χ2n) is 4.42. The first kappa shape index (κ1) is 14.8. The van der Waals surface area contributed by atoms with E-state index in [1.807, 2.05) is 43.3 Å². The summed E-state index contributed by atoms with van der Waals surface area (Å²) in [5.41, 5.74) is 7.53. The predicted molar refractivity (Wildman–Crippen MR) is 84.2 cm³/mol. The topological polar surface area (TPSA) is 67.1 Å². The Kier molecular flexibility index (Phi) is 5.00. The van der Waals surface area contributed by atoms with Crippen molar-refractivity contribution in [3.05, 3.63) is 51.2 Å². The maximum absolute atomic E-state index is 11.7. The number of rotatable bonds is 4. The highest BCUT2D eigenvalue weighted by atomic mass is 35.5. The number of carbonyl (C=O) groups is 1. The summed E-state index contributed by atoms with van der Waals surface area (Å²) in [5, 5.41) is 5.54. The van der Waals surface area contributed by atoms with E-state index >= 15 is 0 Å². The van der Waals surface area contributed by atoms with Crippen molar-refractivity contribution in [1.29, 1.82) is 0 Å². The molecule has 0 aliphatic carbocycles. The second kappa shape index (κ2) is 6.74. The molecule has 2 rings (SSSR count). The van der Waals surface area contributed by atoms with E-state index in [0.29, 0.717) is 10.9 Å². The van der Waals surface area contributed by atoms with Crippen LogP contribution in [0.3, 0.4) is 0 Å². The third-order valence-corrected chi connectivity index (χ3v) is 3.98. The van der Waals surface area contributed by atoms with E-state index in [0.717, 1.165) is 16.1 Å². The monoisotopic (exact) mass is 309 g/mol. The molecule has 1 atom stereocenters. The number of hydrogen-bond acceptors (Lipinski definition) is 3. The Bertz CT molecular complexity index is 580. The molecular formula is C14H16ClN3OS. The number of nitrogens with two attached hydrogens (primary N) is 1. The van der Waals surface area contributed by atoms with Crippen molar-refractivity contribution in [3.8, 4) is 0 Å². The maximum Gasteiger partial charge on any atom is 0.319 e. The maximum atomic E-state index is 11.7. The van der Waals surface area contributed by atoms with Crippen molar-refractivity contribution in [1.82, 2.24) is 5.32 Å². The zero-order chi connectivity index (χ0) is 14.5. The van der Waals surface area contributed by atoms with Gasteiger partial charge in [0.05, 0.1) is 10.9 Å². The van der Waals surface area contributed by atoms with E-state index in [9.17, 15) is 4.79 Å². The lowest BCUT2D eigenvalue weighted by atomic mass is 10.1. The minimum atomic E-state index is -0.247. The minimum Gasteiger partial charge on any atom is -0.333 e. The average Bonchev–Trinajstić information content (AvgIpc) is 2.83. The third kappa shape index (κ3) is 4.23. The first-order valence-corrected chi connectivity index (χ1v) is 7.38. The number of urea groups is 1. The highest BCUT2D eigenvalue weighted by Crippen LogP contribution is 2.21. The van der Waals surface area contributed by atoms with Gasteiger partial charge in [0.1, 0.15) is 0 Å². The number of halogens is 1. The summed E-state index contributed by atoms with van der Waals surface area (Å²) >= 11 is 7.28. The lowest BCUT2D eigenvalue weighted by molar-refractivity contribution is 0.252. The Morgan fingerprint density at radius 1 is 1.30 bits per heavy atom. The lowest BCUT2D eigenvalue weighted by Gasteiger charge is -2.09. The van der Waals surface area contributed by atoms with Crippen molar-refractivity contribution < 1.29 is 4.79 Å². The van der Waals surface area contributed by atoms with Gasteiger partial charge in [0.25, 0.3) is 0 Å². The summed E-state index contributed by atoms with van der Waals surface area (Å²) < 4.78 is 0.716. The van der Waals surface area contributed by atoms with Crippen LogP contribution in [0, 0.1) is 0 Å². The van der Waals surface area contributed by atoms with Gasteiger partial charge in [0.15, 0.2) is 0 Å². The smallest absolute Gasteiger partial charge is 0.319 e. The minimum absolute atomic E-state index is 0.0125. The van der Waals surface area contributed by atoms with Crippen LogP contribution in [0.2, 0.25) is 4.34 Å². The summed E-state index contributed by atoms with van der Waals surface area (Å²) in [6.45, 7) is 2.38. The van der Waals surface area contributed by atoms with E-state index in [4.69, 9.17) is 17.3 Å². The summed E-state index contributed by atoms with van der Waals surface area (Å²) in [6, 6.07) is 10.9. The summed E-state index contributed by atoms with van der Waals surface area (Å²) in [6.07, 6.45) is 0. The Balaban J connectivity index is 1.84. The first-order valence-electron chi connectivity index (χ1n) is 6.19. The fourth-order valence-electron chi connectivity index (χ4n) is 1.66. The van der Waals surface area contributed by atoms with E-state index in [-0.39, 0.29) is 12.1 Å². The van der Waals surface area contributed by atoms with Gasteiger partial charge in [0, 0.05) is 16.6 Å². The normalized spacial score (nSPS) is 11.9. The summed E-state index contributed by atoms with van der Waals surface area (Å²) in [4.78, 5) is 12.7.